The number of carbonyl (C=O) groups excluding carboxylic acids is 1. The monoisotopic (exact) mass is 457 g/mol. The predicted molar refractivity (Wildman–Crippen MR) is 142 cm³/mol. The molecule has 4 rings (SSSR count). The van der Waals surface area contributed by atoms with Crippen LogP contribution in [0.15, 0.2) is 54.6 Å². The van der Waals surface area contributed by atoms with Gasteiger partial charge in [-0.1, -0.05) is 68.8 Å². The zero-order valence-electron chi connectivity index (χ0n) is 21.2. The summed E-state index contributed by atoms with van der Waals surface area (Å²) in [6, 6.07) is 19.0. The van der Waals surface area contributed by atoms with Crippen LogP contribution in [0.25, 0.3) is 32.8 Å². The third-order valence-corrected chi connectivity index (χ3v) is 6.39. The summed E-state index contributed by atoms with van der Waals surface area (Å²) >= 11 is 0. The topological polar surface area (TPSA) is 66.2 Å². The smallest absolute Gasteiger partial charge is 0.426 e. The summed E-state index contributed by atoms with van der Waals surface area (Å²) in [4.78, 5) is 16.1. The fraction of sp³-hybridized carbons (Fsp3) is 0.345. The van der Waals surface area contributed by atoms with Crippen molar-refractivity contribution in [2.24, 2.45) is 0 Å². The Balaban J connectivity index is 1.96. The van der Waals surface area contributed by atoms with Crippen LogP contribution in [0.2, 0.25) is 0 Å². The zero-order valence-corrected chi connectivity index (χ0v) is 21.2. The largest absolute Gasteiger partial charge is 0.443 e. The van der Waals surface area contributed by atoms with Gasteiger partial charge in [0.05, 0.1) is 5.69 Å². The van der Waals surface area contributed by atoms with Crippen LogP contribution >= 0.6 is 0 Å². The van der Waals surface area contributed by atoms with Gasteiger partial charge in [-0.2, -0.15) is 0 Å². The van der Waals surface area contributed by atoms with Gasteiger partial charge in [-0.05, 0) is 57.0 Å². The number of benzene rings is 3. The molecule has 0 spiro atoms. The van der Waals surface area contributed by atoms with Gasteiger partial charge in [0.25, 0.3) is 0 Å². The normalized spacial score (nSPS) is 12.2. The molecular weight excluding hydrogens is 422 g/mol. The average molecular weight is 458 g/mol. The summed E-state index contributed by atoms with van der Waals surface area (Å²) in [6.07, 6.45) is 0.464. The third-order valence-electron chi connectivity index (χ3n) is 6.39. The highest BCUT2D eigenvalue weighted by Crippen LogP contribution is 2.45. The molecule has 0 unspecified atom stereocenters. The van der Waals surface area contributed by atoms with Crippen molar-refractivity contribution in [3.8, 4) is 11.1 Å². The van der Waals surface area contributed by atoms with E-state index < -0.39 is 11.7 Å². The predicted octanol–water partition coefficient (Wildman–Crippen LogP) is 7.84. The first-order chi connectivity index (χ1) is 16.0. The number of H-pyrrole nitrogens is 1. The number of hydrogen-bond acceptors (Lipinski definition) is 3. The van der Waals surface area contributed by atoms with Crippen LogP contribution in [0.5, 0.6) is 0 Å². The van der Waals surface area contributed by atoms with Crippen LogP contribution in [0.3, 0.4) is 0 Å². The molecular formula is C29H35N3O2. The van der Waals surface area contributed by atoms with Crippen molar-refractivity contribution in [3.05, 3.63) is 65.9 Å². The Morgan fingerprint density at radius 1 is 0.941 bits per heavy atom. The molecule has 178 valence electrons. The lowest BCUT2D eigenvalue weighted by molar-refractivity contribution is 0.0541. The number of anilines is 1. The van der Waals surface area contributed by atoms with E-state index in [1.807, 2.05) is 26.8 Å². The number of hydrogen-bond donors (Lipinski definition) is 3. The second kappa shape index (κ2) is 8.71. The van der Waals surface area contributed by atoms with Gasteiger partial charge < -0.3 is 9.72 Å². The maximum Gasteiger partial charge on any atom is 0.426 e. The highest BCUT2D eigenvalue weighted by atomic mass is 16.6. The molecule has 0 aliphatic carbocycles. The molecule has 0 aliphatic heterocycles. The number of fused-ring (bicyclic) bond motifs is 2. The van der Waals surface area contributed by atoms with E-state index in [4.69, 9.17) is 4.74 Å². The van der Waals surface area contributed by atoms with Crippen molar-refractivity contribution >= 4 is 33.5 Å². The molecule has 0 bridgehead atoms. The summed E-state index contributed by atoms with van der Waals surface area (Å²) in [5.41, 5.74) is 11.8. The number of hydrazine groups is 1. The van der Waals surface area contributed by atoms with Crippen LogP contribution in [0.1, 0.15) is 59.2 Å². The van der Waals surface area contributed by atoms with Gasteiger partial charge in [0.2, 0.25) is 0 Å². The van der Waals surface area contributed by atoms with E-state index >= 15 is 0 Å². The molecule has 1 aromatic heterocycles. The molecule has 3 aromatic carbocycles. The van der Waals surface area contributed by atoms with E-state index in [0.29, 0.717) is 0 Å². The first-order valence-electron chi connectivity index (χ1n) is 11.9. The van der Waals surface area contributed by atoms with E-state index in [-0.39, 0.29) is 5.41 Å². The number of aromatic nitrogens is 1. The summed E-state index contributed by atoms with van der Waals surface area (Å²) in [5, 5.41) is 3.44. The lowest BCUT2D eigenvalue weighted by Crippen LogP contribution is -2.36. The van der Waals surface area contributed by atoms with Gasteiger partial charge in [0.1, 0.15) is 5.60 Å². The van der Waals surface area contributed by atoms with Crippen LogP contribution in [0, 0.1) is 6.92 Å². The van der Waals surface area contributed by atoms with E-state index in [0.717, 1.165) is 44.9 Å². The van der Waals surface area contributed by atoms with Crippen molar-refractivity contribution < 1.29 is 9.53 Å². The van der Waals surface area contributed by atoms with Gasteiger partial charge in [-0.15, -0.1) is 0 Å². The van der Waals surface area contributed by atoms with Crippen LogP contribution in [-0.4, -0.2) is 16.7 Å². The molecule has 5 heteroatoms. The first kappa shape index (κ1) is 23.7. The van der Waals surface area contributed by atoms with E-state index in [1.165, 1.54) is 11.3 Å². The standard InChI is InChI=1S/C29H35N3O2/c1-8-29(6,7)26-25(21-11-9-10-12-22(21)30-26)24-20-15-13-18(2)17-19(20)14-16-23(24)31-32-27(33)34-28(3,4)5/h9-17,30-31H,8H2,1-7H3,(H,32,33). The summed E-state index contributed by atoms with van der Waals surface area (Å²) in [5.74, 6) is 0. The third kappa shape index (κ3) is 4.60. The second-order valence-electron chi connectivity index (χ2n) is 10.6. The minimum absolute atomic E-state index is 0.0723. The van der Waals surface area contributed by atoms with Gasteiger partial charge in [-0.3, -0.25) is 5.43 Å². The van der Waals surface area contributed by atoms with Gasteiger partial charge in [0.15, 0.2) is 0 Å². The molecule has 0 atom stereocenters. The minimum Gasteiger partial charge on any atom is -0.443 e. The van der Waals surface area contributed by atoms with Crippen molar-refractivity contribution in [1.29, 1.82) is 0 Å². The molecule has 0 radical (unpaired) electrons. The maximum absolute atomic E-state index is 12.4. The molecule has 3 N–H and O–H groups in total. The number of aryl methyl sites for hydroxylation is 1. The van der Waals surface area contributed by atoms with E-state index in [2.05, 4.69) is 92.1 Å². The van der Waals surface area contributed by atoms with E-state index in [1.54, 1.807) is 0 Å². The first-order valence-corrected chi connectivity index (χ1v) is 11.9. The summed E-state index contributed by atoms with van der Waals surface area (Å²) in [6.45, 7) is 14.4. The molecule has 4 aromatic rings. The lowest BCUT2D eigenvalue weighted by Gasteiger charge is -2.25. The number of ether oxygens (including phenoxy) is 1. The Hall–Kier alpha value is -3.47. The van der Waals surface area contributed by atoms with Crippen LogP contribution < -0.4 is 10.9 Å². The number of nitrogens with one attached hydrogen (secondary N) is 3. The second-order valence-corrected chi connectivity index (χ2v) is 10.6. The highest BCUT2D eigenvalue weighted by Gasteiger charge is 2.28. The minimum atomic E-state index is -0.579. The Kier molecular flexibility index (Phi) is 6.07. The Bertz CT molecular complexity index is 1360. The number of rotatable bonds is 5. The van der Waals surface area contributed by atoms with Gasteiger partial charge in [0, 0.05) is 33.1 Å². The summed E-state index contributed by atoms with van der Waals surface area (Å²) < 4.78 is 5.44. The Morgan fingerprint density at radius 2 is 1.68 bits per heavy atom. The number of carbonyl (C=O) groups is 1. The fourth-order valence-corrected chi connectivity index (χ4v) is 4.33. The number of para-hydroxylation sites is 1. The van der Waals surface area contributed by atoms with Crippen molar-refractivity contribution in [2.45, 2.75) is 65.9 Å². The van der Waals surface area contributed by atoms with Crippen molar-refractivity contribution in [1.82, 2.24) is 10.4 Å². The summed E-state index contributed by atoms with van der Waals surface area (Å²) in [7, 11) is 0. The molecule has 34 heavy (non-hydrogen) atoms. The van der Waals surface area contributed by atoms with Crippen LogP contribution in [-0.2, 0) is 10.2 Å². The molecule has 0 saturated carbocycles. The van der Waals surface area contributed by atoms with E-state index in [9.17, 15) is 4.79 Å². The molecule has 0 saturated heterocycles. The quantitative estimate of drug-likeness (QED) is 0.267. The SMILES string of the molecule is CCC(C)(C)c1[nH]c2ccccc2c1-c1c(NNC(=O)OC(C)(C)C)ccc2cc(C)ccc12. The van der Waals surface area contributed by atoms with Gasteiger partial charge in [-0.25, -0.2) is 10.2 Å². The van der Waals surface area contributed by atoms with Crippen LogP contribution in [0.4, 0.5) is 10.5 Å². The fourth-order valence-electron chi connectivity index (χ4n) is 4.33. The molecule has 1 heterocycles. The Labute approximate surface area is 201 Å². The lowest BCUT2D eigenvalue weighted by atomic mass is 9.81. The average Bonchev–Trinajstić information content (AvgIpc) is 3.16. The molecule has 0 aliphatic rings. The molecule has 5 nitrogen and oxygen atoms in total. The Morgan fingerprint density at radius 3 is 2.38 bits per heavy atom. The molecule has 0 fully saturated rings. The van der Waals surface area contributed by atoms with Gasteiger partial charge >= 0.3 is 6.09 Å². The van der Waals surface area contributed by atoms with Crippen molar-refractivity contribution in [2.75, 3.05) is 5.43 Å². The number of amides is 1. The number of aromatic amines is 1. The van der Waals surface area contributed by atoms with Crippen molar-refractivity contribution in [3.63, 3.8) is 0 Å². The zero-order chi connectivity index (χ0) is 24.7. The maximum atomic E-state index is 12.4. The molecule has 1 amide bonds. The highest BCUT2D eigenvalue weighted by molar-refractivity contribution is 6.11.